The molecule has 2 aromatic carbocycles. The molecule has 1 unspecified atom stereocenters. The number of carbonyl (C=O) groups is 2. The number of rotatable bonds is 8. The monoisotopic (exact) mass is 470 g/mol. The number of methoxy groups -OCH3 is 2. The Labute approximate surface area is 198 Å². The molecule has 4 rings (SSSR count). The zero-order valence-corrected chi connectivity index (χ0v) is 19.5. The van der Waals surface area contributed by atoms with E-state index in [0.717, 1.165) is 12.8 Å². The van der Waals surface area contributed by atoms with Crippen LogP contribution in [0.5, 0.6) is 17.2 Å². The molecular weight excluding hydrogens is 440 g/mol. The lowest BCUT2D eigenvalue weighted by molar-refractivity contribution is -0.118. The quantitative estimate of drug-likeness (QED) is 0.634. The number of hydrogen-bond donors (Lipinski definition) is 1. The third-order valence-corrected chi connectivity index (χ3v) is 5.93. The fourth-order valence-electron chi connectivity index (χ4n) is 4.25. The van der Waals surface area contributed by atoms with Crippen LogP contribution in [0, 0.1) is 5.92 Å². The maximum absolute atomic E-state index is 13.1. The van der Waals surface area contributed by atoms with Crippen LogP contribution in [0.25, 0.3) is 0 Å². The molecule has 0 spiro atoms. The number of ether oxygens (including phenoxy) is 5. The molecule has 0 saturated carbocycles. The van der Waals surface area contributed by atoms with Gasteiger partial charge in [0.25, 0.3) is 11.8 Å². The van der Waals surface area contributed by atoms with Gasteiger partial charge in [-0.2, -0.15) is 0 Å². The lowest BCUT2D eigenvalue weighted by Gasteiger charge is -2.34. The molecule has 0 bridgehead atoms. The van der Waals surface area contributed by atoms with Crippen molar-refractivity contribution >= 4 is 17.5 Å². The molecular formula is C25H30N2O7. The lowest BCUT2D eigenvalue weighted by atomic mass is 9.96. The molecule has 2 aromatic rings. The topological polar surface area (TPSA) is 95.6 Å². The highest BCUT2D eigenvalue weighted by atomic mass is 16.7. The van der Waals surface area contributed by atoms with E-state index >= 15 is 0 Å². The fraction of sp³-hybridized carbons (Fsp3) is 0.440. The van der Waals surface area contributed by atoms with Gasteiger partial charge < -0.3 is 33.9 Å². The van der Waals surface area contributed by atoms with Gasteiger partial charge in [-0.25, -0.2) is 0 Å². The molecule has 2 saturated heterocycles. The smallest absolute Gasteiger partial charge is 0.262 e. The molecule has 2 aliphatic heterocycles. The number of hydrogen-bond acceptors (Lipinski definition) is 7. The molecule has 9 nitrogen and oxygen atoms in total. The summed E-state index contributed by atoms with van der Waals surface area (Å²) in [6.07, 6.45) is 1.64. The molecule has 2 fully saturated rings. The van der Waals surface area contributed by atoms with Crippen LogP contribution in [0.3, 0.4) is 0 Å². The van der Waals surface area contributed by atoms with E-state index in [0.29, 0.717) is 54.8 Å². The van der Waals surface area contributed by atoms with Crippen molar-refractivity contribution in [1.82, 2.24) is 4.90 Å². The minimum atomic E-state index is -0.345. The summed E-state index contributed by atoms with van der Waals surface area (Å²) in [7, 11) is 3.03. The summed E-state index contributed by atoms with van der Waals surface area (Å²) in [6, 6.07) is 12.1. The summed E-state index contributed by atoms with van der Waals surface area (Å²) in [5.74, 6) is 1.06. The highest BCUT2D eigenvalue weighted by Gasteiger charge is 2.33. The van der Waals surface area contributed by atoms with Crippen LogP contribution >= 0.6 is 0 Å². The Balaban J connectivity index is 1.37. The average molecular weight is 471 g/mol. The van der Waals surface area contributed by atoms with E-state index in [1.54, 1.807) is 36.4 Å². The predicted molar refractivity (Wildman–Crippen MR) is 124 cm³/mol. The molecule has 1 atom stereocenters. The van der Waals surface area contributed by atoms with Crippen molar-refractivity contribution in [3.8, 4) is 17.2 Å². The van der Waals surface area contributed by atoms with Crippen molar-refractivity contribution in [2.45, 2.75) is 19.1 Å². The Kier molecular flexibility index (Phi) is 7.87. The summed E-state index contributed by atoms with van der Waals surface area (Å²) in [6.45, 7) is 2.26. The van der Waals surface area contributed by atoms with E-state index in [4.69, 9.17) is 23.7 Å². The Morgan fingerprint density at radius 2 is 1.79 bits per heavy atom. The summed E-state index contributed by atoms with van der Waals surface area (Å²) in [5.41, 5.74) is 1.05. The first kappa shape index (κ1) is 23.8. The van der Waals surface area contributed by atoms with Crippen molar-refractivity contribution in [3.63, 3.8) is 0 Å². The summed E-state index contributed by atoms with van der Waals surface area (Å²) in [4.78, 5) is 27.3. The lowest BCUT2D eigenvalue weighted by Crippen LogP contribution is -2.43. The number of nitrogens with one attached hydrogen (secondary N) is 1. The third kappa shape index (κ3) is 5.60. The van der Waals surface area contributed by atoms with Crippen LogP contribution in [-0.4, -0.2) is 70.1 Å². The van der Waals surface area contributed by atoms with Gasteiger partial charge in [0.2, 0.25) is 0 Å². The molecule has 2 aliphatic rings. The number of anilines is 1. The van der Waals surface area contributed by atoms with Crippen molar-refractivity contribution < 1.29 is 33.3 Å². The van der Waals surface area contributed by atoms with E-state index in [1.807, 2.05) is 11.0 Å². The summed E-state index contributed by atoms with van der Waals surface area (Å²) >= 11 is 0. The number of piperidine rings is 1. The van der Waals surface area contributed by atoms with E-state index in [2.05, 4.69) is 5.32 Å². The largest absolute Gasteiger partial charge is 0.495 e. The minimum absolute atomic E-state index is 0.0820. The van der Waals surface area contributed by atoms with E-state index in [-0.39, 0.29) is 30.6 Å². The van der Waals surface area contributed by atoms with Crippen LogP contribution < -0.4 is 19.5 Å². The molecule has 0 aromatic heterocycles. The fourth-order valence-corrected chi connectivity index (χ4v) is 4.25. The Morgan fingerprint density at radius 3 is 2.56 bits per heavy atom. The van der Waals surface area contributed by atoms with Gasteiger partial charge >= 0.3 is 0 Å². The van der Waals surface area contributed by atoms with Gasteiger partial charge in [-0.15, -0.1) is 0 Å². The van der Waals surface area contributed by atoms with Gasteiger partial charge in [-0.1, -0.05) is 12.1 Å². The number of benzene rings is 2. The molecule has 34 heavy (non-hydrogen) atoms. The van der Waals surface area contributed by atoms with Gasteiger partial charge in [0.1, 0.15) is 5.75 Å². The standard InChI is InChI=1S/C25H30N2O7/c1-30-20-8-4-3-7-19(20)26-23(28)16-34-21-10-9-17(14-22(21)31-2)24(29)27-11-5-6-18(15-27)25-32-12-13-33-25/h3-4,7-10,14,18,25H,5-6,11-13,15-16H2,1-2H3,(H,26,28). The van der Waals surface area contributed by atoms with Gasteiger partial charge in [0.15, 0.2) is 24.4 Å². The summed E-state index contributed by atoms with van der Waals surface area (Å²) in [5, 5.41) is 2.76. The second kappa shape index (κ2) is 11.2. The molecule has 1 N–H and O–H groups in total. The average Bonchev–Trinajstić information content (AvgIpc) is 3.42. The first-order valence-corrected chi connectivity index (χ1v) is 11.3. The maximum atomic E-state index is 13.1. The zero-order chi connectivity index (χ0) is 23.9. The maximum Gasteiger partial charge on any atom is 0.262 e. The van der Waals surface area contributed by atoms with Crippen LogP contribution in [0.2, 0.25) is 0 Å². The number of nitrogens with zero attached hydrogens (tertiary/aromatic N) is 1. The van der Waals surface area contributed by atoms with Crippen molar-refractivity contribution in [2.75, 3.05) is 52.4 Å². The number of carbonyl (C=O) groups excluding carboxylic acids is 2. The molecule has 0 aliphatic carbocycles. The minimum Gasteiger partial charge on any atom is -0.495 e. The van der Waals surface area contributed by atoms with E-state index in [1.165, 1.54) is 14.2 Å². The van der Waals surface area contributed by atoms with Crippen molar-refractivity contribution in [2.24, 2.45) is 5.92 Å². The van der Waals surface area contributed by atoms with Crippen LogP contribution in [0.1, 0.15) is 23.2 Å². The normalized spacial score (nSPS) is 18.4. The Hall–Kier alpha value is -3.30. The second-order valence-corrected chi connectivity index (χ2v) is 8.17. The first-order chi connectivity index (χ1) is 16.6. The molecule has 0 radical (unpaired) electrons. The van der Waals surface area contributed by atoms with Gasteiger partial charge in [-0.3, -0.25) is 9.59 Å². The van der Waals surface area contributed by atoms with Crippen LogP contribution in [-0.2, 0) is 14.3 Å². The number of amides is 2. The number of para-hydroxylation sites is 2. The first-order valence-electron chi connectivity index (χ1n) is 11.3. The van der Waals surface area contributed by atoms with Gasteiger partial charge in [0, 0.05) is 24.6 Å². The SMILES string of the molecule is COc1ccccc1NC(=O)COc1ccc(C(=O)N2CCCC(C3OCCO3)C2)cc1OC. The van der Waals surface area contributed by atoms with Crippen LogP contribution in [0.15, 0.2) is 42.5 Å². The Bertz CT molecular complexity index is 1010. The molecule has 182 valence electrons. The number of likely N-dealkylation sites (tertiary alicyclic amines) is 1. The van der Waals surface area contributed by atoms with Gasteiger partial charge in [-0.05, 0) is 43.2 Å². The zero-order valence-electron chi connectivity index (χ0n) is 19.5. The predicted octanol–water partition coefficient (Wildman–Crippen LogP) is 2.95. The van der Waals surface area contributed by atoms with Crippen molar-refractivity contribution in [3.05, 3.63) is 48.0 Å². The van der Waals surface area contributed by atoms with E-state index in [9.17, 15) is 9.59 Å². The van der Waals surface area contributed by atoms with Crippen molar-refractivity contribution in [1.29, 1.82) is 0 Å². The Morgan fingerprint density at radius 1 is 1.03 bits per heavy atom. The van der Waals surface area contributed by atoms with Crippen LogP contribution in [0.4, 0.5) is 5.69 Å². The highest BCUT2D eigenvalue weighted by Crippen LogP contribution is 2.31. The van der Waals surface area contributed by atoms with E-state index < -0.39 is 0 Å². The molecule has 2 amide bonds. The summed E-state index contributed by atoms with van der Waals surface area (Å²) < 4.78 is 27.6. The van der Waals surface area contributed by atoms with Gasteiger partial charge in [0.05, 0.1) is 33.1 Å². The second-order valence-electron chi connectivity index (χ2n) is 8.17. The molecule has 9 heteroatoms. The third-order valence-electron chi connectivity index (χ3n) is 5.93. The highest BCUT2D eigenvalue weighted by molar-refractivity contribution is 5.95. The molecule has 2 heterocycles.